The molecule has 0 aromatic carbocycles. The molecule has 1 fully saturated rings. The number of carbonyl (C=O) groups excluding carboxylic acids is 1. The standard InChI is InChI=1S/C25H41ClN4O2/c1-9-21-15-32-22(14-19(4)26)20(5)30(21)24(31)28(8)16-25(6)12-13-29(17-25)23(27-7)11-10-18(2)3/h10-11,14,18,21H,9,12-13,15-17H2,1-8H3/b11-10-,19-14+,27-23+/t21?,25-/m0/s1. The molecule has 2 aliphatic heterocycles. The molecule has 2 amide bonds. The predicted octanol–water partition coefficient (Wildman–Crippen LogP) is 5.48. The van der Waals surface area contributed by atoms with E-state index in [2.05, 4.69) is 49.7 Å². The Hall–Kier alpha value is -1.95. The molecular formula is C25H41ClN4O2. The summed E-state index contributed by atoms with van der Waals surface area (Å²) in [5.41, 5.74) is 0.824. The van der Waals surface area contributed by atoms with Crippen LogP contribution in [0.25, 0.3) is 0 Å². The molecule has 0 aromatic rings. The first-order valence-electron chi connectivity index (χ1n) is 11.6. The minimum atomic E-state index is 0.00704. The number of ether oxygens (including phenoxy) is 1. The molecule has 2 atom stereocenters. The van der Waals surface area contributed by atoms with Gasteiger partial charge in [-0.1, -0.05) is 45.4 Å². The topological polar surface area (TPSA) is 48.4 Å². The lowest BCUT2D eigenvalue weighted by atomic mass is 9.89. The molecule has 0 aromatic heterocycles. The Morgan fingerprint density at radius 3 is 2.69 bits per heavy atom. The molecule has 180 valence electrons. The second kappa shape index (κ2) is 11.3. The number of halogens is 1. The Balaban J connectivity index is 2.14. The van der Waals surface area contributed by atoms with E-state index < -0.39 is 0 Å². The first-order chi connectivity index (χ1) is 15.0. The van der Waals surface area contributed by atoms with E-state index in [1.165, 1.54) is 0 Å². The number of nitrogens with zero attached hydrogens (tertiary/aromatic N) is 4. The maximum Gasteiger partial charge on any atom is 0.324 e. The van der Waals surface area contributed by atoms with E-state index in [1.807, 2.05) is 37.7 Å². The average molecular weight is 465 g/mol. The van der Waals surface area contributed by atoms with Gasteiger partial charge in [0.2, 0.25) is 0 Å². The Kier molecular flexibility index (Phi) is 9.26. The molecule has 2 aliphatic rings. The van der Waals surface area contributed by atoms with Crippen molar-refractivity contribution in [3.05, 3.63) is 34.7 Å². The third kappa shape index (κ3) is 6.53. The molecule has 0 bridgehead atoms. The van der Waals surface area contributed by atoms with Gasteiger partial charge in [-0.05, 0) is 44.8 Å². The normalized spacial score (nSPS) is 25.2. The van der Waals surface area contributed by atoms with Crippen LogP contribution in [0.15, 0.2) is 39.7 Å². The Bertz CT molecular complexity index is 798. The number of amides is 2. The molecule has 0 radical (unpaired) electrons. The van der Waals surface area contributed by atoms with Gasteiger partial charge in [-0.15, -0.1) is 0 Å². The fraction of sp³-hybridized carbons (Fsp3) is 0.680. The molecule has 0 spiro atoms. The summed E-state index contributed by atoms with van der Waals surface area (Å²) in [6, 6.07) is 0.0325. The number of urea groups is 1. The van der Waals surface area contributed by atoms with Gasteiger partial charge in [0.05, 0.1) is 11.7 Å². The Morgan fingerprint density at radius 2 is 2.12 bits per heavy atom. The second-order valence-corrected chi connectivity index (χ2v) is 10.3. The van der Waals surface area contributed by atoms with Crippen LogP contribution < -0.4 is 0 Å². The van der Waals surface area contributed by atoms with Gasteiger partial charge >= 0.3 is 6.03 Å². The lowest BCUT2D eigenvalue weighted by molar-refractivity contribution is 0.0767. The molecular weight excluding hydrogens is 424 g/mol. The summed E-state index contributed by atoms with van der Waals surface area (Å²) >= 11 is 6.07. The highest BCUT2D eigenvalue weighted by Gasteiger charge is 2.39. The van der Waals surface area contributed by atoms with Crippen molar-refractivity contribution in [1.29, 1.82) is 0 Å². The fourth-order valence-corrected chi connectivity index (χ4v) is 4.56. The minimum absolute atomic E-state index is 0.00704. The molecule has 2 heterocycles. The van der Waals surface area contributed by atoms with Gasteiger partial charge in [0.15, 0.2) is 0 Å². The van der Waals surface area contributed by atoms with Gasteiger partial charge in [0.1, 0.15) is 18.2 Å². The molecule has 7 heteroatoms. The highest BCUT2D eigenvalue weighted by atomic mass is 35.5. The van der Waals surface area contributed by atoms with Gasteiger partial charge in [-0.25, -0.2) is 4.79 Å². The second-order valence-electron chi connectivity index (χ2n) is 9.73. The van der Waals surface area contributed by atoms with E-state index >= 15 is 0 Å². The van der Waals surface area contributed by atoms with Crippen LogP contribution in [-0.2, 0) is 4.74 Å². The van der Waals surface area contributed by atoms with Crippen LogP contribution in [-0.4, -0.2) is 72.9 Å². The van der Waals surface area contributed by atoms with Crippen molar-refractivity contribution >= 4 is 23.5 Å². The van der Waals surface area contributed by atoms with Gasteiger partial charge < -0.3 is 14.5 Å². The Labute approximate surface area is 199 Å². The molecule has 1 saturated heterocycles. The van der Waals surface area contributed by atoms with E-state index in [1.54, 1.807) is 6.08 Å². The van der Waals surface area contributed by atoms with E-state index in [0.717, 1.165) is 37.5 Å². The van der Waals surface area contributed by atoms with Crippen LogP contribution >= 0.6 is 11.6 Å². The first kappa shape index (κ1) is 26.3. The molecule has 0 N–H and O–H groups in total. The summed E-state index contributed by atoms with van der Waals surface area (Å²) in [5.74, 6) is 2.17. The lowest BCUT2D eigenvalue weighted by Crippen LogP contribution is -2.51. The number of likely N-dealkylation sites (tertiary alicyclic amines) is 1. The number of amidine groups is 1. The van der Waals surface area contributed by atoms with Crippen LogP contribution in [0.2, 0.25) is 0 Å². The highest BCUT2D eigenvalue weighted by Crippen LogP contribution is 2.33. The quantitative estimate of drug-likeness (QED) is 0.386. The zero-order chi connectivity index (χ0) is 24.1. The van der Waals surface area contributed by atoms with Gasteiger partial charge in [0, 0.05) is 44.2 Å². The van der Waals surface area contributed by atoms with Crippen LogP contribution in [0.4, 0.5) is 4.79 Å². The van der Waals surface area contributed by atoms with E-state index in [9.17, 15) is 4.79 Å². The zero-order valence-electron chi connectivity index (χ0n) is 21.1. The van der Waals surface area contributed by atoms with Crippen LogP contribution in [0.1, 0.15) is 54.4 Å². The van der Waals surface area contributed by atoms with Gasteiger partial charge in [-0.2, -0.15) is 0 Å². The maximum absolute atomic E-state index is 13.5. The smallest absolute Gasteiger partial charge is 0.324 e. The number of hydrogen-bond donors (Lipinski definition) is 0. The van der Waals surface area contributed by atoms with Crippen molar-refractivity contribution in [3.8, 4) is 0 Å². The first-order valence-corrected chi connectivity index (χ1v) is 12.0. The minimum Gasteiger partial charge on any atom is -0.490 e. The number of rotatable bonds is 6. The van der Waals surface area contributed by atoms with Crippen molar-refractivity contribution in [1.82, 2.24) is 14.7 Å². The molecule has 2 rings (SSSR count). The summed E-state index contributed by atoms with van der Waals surface area (Å²) in [4.78, 5) is 24.1. The lowest BCUT2D eigenvalue weighted by Gasteiger charge is -2.40. The molecule has 6 nitrogen and oxygen atoms in total. The fourth-order valence-electron chi connectivity index (χ4n) is 4.46. The Morgan fingerprint density at radius 1 is 1.44 bits per heavy atom. The van der Waals surface area contributed by atoms with E-state index in [0.29, 0.717) is 29.9 Å². The number of hydrogen-bond acceptors (Lipinski definition) is 3. The maximum atomic E-state index is 13.5. The molecule has 1 unspecified atom stereocenters. The zero-order valence-corrected chi connectivity index (χ0v) is 21.9. The molecule has 0 saturated carbocycles. The van der Waals surface area contributed by atoms with Gasteiger partial charge in [-0.3, -0.25) is 9.89 Å². The summed E-state index contributed by atoms with van der Waals surface area (Å²) in [6.45, 7) is 15.4. The van der Waals surface area contributed by atoms with Gasteiger partial charge in [0.25, 0.3) is 0 Å². The van der Waals surface area contributed by atoms with Crippen molar-refractivity contribution in [2.75, 3.05) is 40.3 Å². The van der Waals surface area contributed by atoms with Crippen LogP contribution in [0.5, 0.6) is 0 Å². The monoisotopic (exact) mass is 464 g/mol. The molecule has 32 heavy (non-hydrogen) atoms. The third-order valence-corrected chi connectivity index (χ3v) is 6.32. The molecule has 0 aliphatic carbocycles. The number of carbonyl (C=O) groups is 1. The average Bonchev–Trinajstić information content (AvgIpc) is 3.10. The van der Waals surface area contributed by atoms with E-state index in [4.69, 9.17) is 16.3 Å². The predicted molar refractivity (Wildman–Crippen MR) is 134 cm³/mol. The van der Waals surface area contributed by atoms with Crippen molar-refractivity contribution in [2.45, 2.75) is 60.4 Å². The largest absolute Gasteiger partial charge is 0.490 e. The summed E-state index contributed by atoms with van der Waals surface area (Å²) in [7, 11) is 3.75. The van der Waals surface area contributed by atoms with Crippen molar-refractivity contribution in [2.24, 2.45) is 16.3 Å². The number of allylic oxidation sites excluding steroid dienone is 4. The van der Waals surface area contributed by atoms with Crippen LogP contribution in [0, 0.1) is 11.3 Å². The summed E-state index contributed by atoms with van der Waals surface area (Å²) in [5, 5.41) is 0.633. The van der Waals surface area contributed by atoms with Crippen LogP contribution in [0.3, 0.4) is 0 Å². The third-order valence-electron chi connectivity index (χ3n) is 6.21. The SMILES string of the molecule is CCC1COC(/C=C(\C)Cl)=C(C)N1C(=O)N(C)C[C@]1(C)CCN(C(/C=C\C(C)C)=N/C)C1. The number of aliphatic imine (C=N–C) groups is 1. The van der Waals surface area contributed by atoms with E-state index in [-0.39, 0.29) is 17.5 Å². The van der Waals surface area contributed by atoms with Crippen molar-refractivity contribution in [3.63, 3.8) is 0 Å². The van der Waals surface area contributed by atoms with Crippen molar-refractivity contribution < 1.29 is 9.53 Å². The summed E-state index contributed by atoms with van der Waals surface area (Å²) in [6.07, 6.45) is 7.94. The summed E-state index contributed by atoms with van der Waals surface area (Å²) < 4.78 is 5.89. The highest BCUT2D eigenvalue weighted by molar-refractivity contribution is 6.29.